The minimum atomic E-state index is -0.307. The fraction of sp³-hybridized carbons (Fsp3) is 0.667. The monoisotopic (exact) mass is 398 g/mol. The van der Waals surface area contributed by atoms with Crippen molar-refractivity contribution < 1.29 is 14.3 Å². The smallest absolute Gasteiger partial charge is 0.313 e. The van der Waals surface area contributed by atoms with Crippen LogP contribution in [0.3, 0.4) is 0 Å². The SMILES string of the molecule is COCC1(C=NC2CC2)CCN(CC2(C(=O)OCc3ccccc3)CCC2)CC1. The highest BCUT2D eigenvalue weighted by Gasteiger charge is 2.47. The predicted molar refractivity (Wildman–Crippen MR) is 114 cm³/mol. The first-order valence-corrected chi connectivity index (χ1v) is 11.1. The number of ether oxygens (including phenoxy) is 2. The number of hydrogen-bond acceptors (Lipinski definition) is 5. The van der Waals surface area contributed by atoms with Crippen LogP contribution in [0.2, 0.25) is 0 Å². The zero-order chi connectivity index (χ0) is 20.2. The first-order chi connectivity index (χ1) is 14.1. The maximum atomic E-state index is 12.9. The molecule has 2 saturated carbocycles. The summed E-state index contributed by atoms with van der Waals surface area (Å²) in [5.74, 6) is -0.0170. The molecule has 29 heavy (non-hydrogen) atoms. The summed E-state index contributed by atoms with van der Waals surface area (Å²) in [5, 5.41) is 0. The van der Waals surface area contributed by atoms with Crippen LogP contribution in [0.25, 0.3) is 0 Å². The van der Waals surface area contributed by atoms with Crippen molar-refractivity contribution in [2.45, 2.75) is 57.6 Å². The molecule has 158 valence electrons. The van der Waals surface area contributed by atoms with Crippen molar-refractivity contribution >= 4 is 12.2 Å². The van der Waals surface area contributed by atoms with Gasteiger partial charge in [-0.15, -0.1) is 0 Å². The molecule has 0 radical (unpaired) electrons. The number of esters is 1. The number of methoxy groups -OCH3 is 1. The van der Waals surface area contributed by atoms with Gasteiger partial charge in [0.2, 0.25) is 0 Å². The lowest BCUT2D eigenvalue weighted by molar-refractivity contribution is -0.165. The summed E-state index contributed by atoms with van der Waals surface area (Å²) in [4.78, 5) is 20.1. The van der Waals surface area contributed by atoms with Crippen LogP contribution in [0.15, 0.2) is 35.3 Å². The van der Waals surface area contributed by atoms with Crippen molar-refractivity contribution in [1.29, 1.82) is 0 Å². The normalized spacial score (nSPS) is 23.6. The fourth-order valence-corrected chi connectivity index (χ4v) is 4.58. The Bertz CT molecular complexity index is 702. The molecule has 3 aliphatic rings. The van der Waals surface area contributed by atoms with Crippen LogP contribution in [0, 0.1) is 10.8 Å². The third kappa shape index (κ3) is 5.07. The Morgan fingerprint density at radius 1 is 1.17 bits per heavy atom. The van der Waals surface area contributed by atoms with Gasteiger partial charge in [0.05, 0.1) is 12.0 Å². The molecular formula is C24H34N2O3. The van der Waals surface area contributed by atoms with Crippen molar-refractivity contribution in [2.75, 3.05) is 33.4 Å². The topological polar surface area (TPSA) is 51.1 Å². The third-order valence-corrected chi connectivity index (χ3v) is 6.87. The molecule has 5 nitrogen and oxygen atoms in total. The Morgan fingerprint density at radius 2 is 1.90 bits per heavy atom. The quantitative estimate of drug-likeness (QED) is 0.468. The van der Waals surface area contributed by atoms with Crippen molar-refractivity contribution in [1.82, 2.24) is 4.90 Å². The van der Waals surface area contributed by atoms with Gasteiger partial charge in [-0.3, -0.25) is 9.79 Å². The Labute approximate surface area is 174 Å². The number of rotatable bonds is 9. The summed E-state index contributed by atoms with van der Waals surface area (Å²) >= 11 is 0. The van der Waals surface area contributed by atoms with Gasteiger partial charge in [-0.05, 0) is 57.2 Å². The third-order valence-electron chi connectivity index (χ3n) is 6.87. The Kier molecular flexibility index (Phi) is 6.35. The lowest BCUT2D eigenvalue weighted by Gasteiger charge is -2.46. The maximum absolute atomic E-state index is 12.9. The molecular weight excluding hydrogens is 364 g/mol. The van der Waals surface area contributed by atoms with Crippen molar-refractivity contribution in [3.05, 3.63) is 35.9 Å². The van der Waals surface area contributed by atoms with Crippen LogP contribution in [-0.2, 0) is 20.9 Å². The molecule has 0 atom stereocenters. The first-order valence-electron chi connectivity index (χ1n) is 11.1. The molecule has 1 saturated heterocycles. The standard InChI is InChI=1S/C24H34N2O3/c1-28-19-23(17-25-21-8-9-21)12-14-26(15-13-23)18-24(10-5-11-24)22(27)29-16-20-6-3-2-4-7-20/h2-4,6-7,17,21H,5,8-16,18-19H2,1H3. The minimum absolute atomic E-state index is 0.0170. The van der Waals surface area contributed by atoms with Crippen LogP contribution in [-0.4, -0.2) is 56.5 Å². The zero-order valence-electron chi connectivity index (χ0n) is 17.6. The van der Waals surface area contributed by atoms with Crippen LogP contribution in [0.1, 0.15) is 50.5 Å². The summed E-state index contributed by atoms with van der Waals surface area (Å²) in [6, 6.07) is 10.5. The molecule has 0 N–H and O–H groups in total. The Hall–Kier alpha value is -1.72. The van der Waals surface area contributed by atoms with E-state index in [4.69, 9.17) is 14.5 Å². The number of aliphatic imine (C=N–C) groups is 1. The average molecular weight is 399 g/mol. The molecule has 1 aromatic carbocycles. The summed E-state index contributed by atoms with van der Waals surface area (Å²) in [6.07, 6.45) is 9.78. The summed E-state index contributed by atoms with van der Waals surface area (Å²) in [5.41, 5.74) is 0.805. The van der Waals surface area contributed by atoms with Gasteiger partial charge in [-0.25, -0.2) is 0 Å². The molecule has 0 amide bonds. The number of piperidine rings is 1. The van der Waals surface area contributed by atoms with Crippen molar-refractivity contribution in [3.63, 3.8) is 0 Å². The molecule has 1 aromatic rings. The molecule has 1 heterocycles. The zero-order valence-corrected chi connectivity index (χ0v) is 17.6. The second kappa shape index (κ2) is 8.97. The second-order valence-corrected chi connectivity index (χ2v) is 9.28. The number of nitrogens with zero attached hydrogens (tertiary/aromatic N) is 2. The van der Waals surface area contributed by atoms with E-state index in [1.54, 1.807) is 7.11 Å². The summed E-state index contributed by atoms with van der Waals surface area (Å²) < 4.78 is 11.3. The maximum Gasteiger partial charge on any atom is 0.313 e. The van der Waals surface area contributed by atoms with Gasteiger partial charge in [0, 0.05) is 31.3 Å². The Morgan fingerprint density at radius 3 is 2.48 bits per heavy atom. The molecule has 0 spiro atoms. The second-order valence-electron chi connectivity index (χ2n) is 9.28. The molecule has 0 aromatic heterocycles. The van der Waals surface area contributed by atoms with Gasteiger partial charge in [0.25, 0.3) is 0 Å². The predicted octanol–water partition coefficient (Wildman–Crippen LogP) is 3.86. The molecule has 0 unspecified atom stereocenters. The first kappa shape index (κ1) is 20.5. The highest BCUT2D eigenvalue weighted by atomic mass is 16.5. The van der Waals surface area contributed by atoms with Gasteiger partial charge in [-0.2, -0.15) is 0 Å². The van der Waals surface area contributed by atoms with Gasteiger partial charge in [0.15, 0.2) is 0 Å². The average Bonchev–Trinajstić information content (AvgIpc) is 3.54. The highest BCUT2D eigenvalue weighted by molar-refractivity contribution is 5.78. The van der Waals surface area contributed by atoms with Gasteiger partial charge >= 0.3 is 5.97 Å². The summed E-state index contributed by atoms with van der Waals surface area (Å²) in [6.45, 7) is 3.92. The Balaban J connectivity index is 1.31. The van der Waals surface area contributed by atoms with Crippen LogP contribution >= 0.6 is 0 Å². The fourth-order valence-electron chi connectivity index (χ4n) is 4.58. The molecule has 2 aliphatic carbocycles. The largest absolute Gasteiger partial charge is 0.460 e. The molecule has 1 aliphatic heterocycles. The number of hydrogen-bond donors (Lipinski definition) is 0. The summed E-state index contributed by atoms with van der Waals surface area (Å²) in [7, 11) is 1.78. The van der Waals surface area contributed by atoms with Crippen LogP contribution < -0.4 is 0 Å². The molecule has 4 rings (SSSR count). The molecule has 5 heteroatoms. The highest BCUT2D eigenvalue weighted by Crippen LogP contribution is 2.44. The molecule has 0 bridgehead atoms. The van der Waals surface area contributed by atoms with Gasteiger partial charge < -0.3 is 14.4 Å². The van der Waals surface area contributed by atoms with E-state index in [1.807, 2.05) is 30.3 Å². The number of carbonyl (C=O) groups excluding carboxylic acids is 1. The van der Waals surface area contributed by atoms with Gasteiger partial charge in [-0.1, -0.05) is 36.8 Å². The lowest BCUT2D eigenvalue weighted by atomic mass is 9.68. The number of benzene rings is 1. The molecule has 3 fully saturated rings. The van der Waals surface area contributed by atoms with E-state index in [0.29, 0.717) is 12.6 Å². The minimum Gasteiger partial charge on any atom is -0.460 e. The van der Waals surface area contributed by atoms with E-state index in [0.717, 1.165) is 63.9 Å². The van der Waals surface area contributed by atoms with E-state index < -0.39 is 0 Å². The van der Waals surface area contributed by atoms with Crippen LogP contribution in [0.4, 0.5) is 0 Å². The van der Waals surface area contributed by atoms with Crippen molar-refractivity contribution in [3.8, 4) is 0 Å². The van der Waals surface area contributed by atoms with E-state index in [1.165, 1.54) is 12.8 Å². The lowest BCUT2D eigenvalue weighted by Crippen LogP contribution is -2.52. The van der Waals surface area contributed by atoms with E-state index in [9.17, 15) is 4.79 Å². The van der Waals surface area contributed by atoms with E-state index in [2.05, 4.69) is 11.1 Å². The van der Waals surface area contributed by atoms with Crippen molar-refractivity contribution in [2.24, 2.45) is 15.8 Å². The number of carbonyl (C=O) groups is 1. The van der Waals surface area contributed by atoms with Crippen LogP contribution in [0.5, 0.6) is 0 Å². The number of likely N-dealkylation sites (tertiary alicyclic amines) is 1. The van der Waals surface area contributed by atoms with Gasteiger partial charge in [0.1, 0.15) is 6.61 Å². The van der Waals surface area contributed by atoms with E-state index >= 15 is 0 Å². The van der Waals surface area contributed by atoms with E-state index in [-0.39, 0.29) is 16.8 Å².